The zero-order valence-corrected chi connectivity index (χ0v) is 11.4. The standard InChI is InChI=1S/C13H20N2O.ClH/c1-4-9-13(3,14)12(16)15-11-7-5-10(2)6-8-11;/h5-8H,4,9,14H2,1-3H3,(H,15,16);1H. The second-order valence-corrected chi connectivity index (χ2v) is 4.49. The molecule has 1 aromatic rings. The lowest BCUT2D eigenvalue weighted by atomic mass is 9.96. The highest BCUT2D eigenvalue weighted by molar-refractivity contribution is 5.97. The maximum absolute atomic E-state index is 11.9. The largest absolute Gasteiger partial charge is 0.325 e. The Hall–Kier alpha value is -1.06. The molecule has 0 saturated heterocycles. The summed E-state index contributed by atoms with van der Waals surface area (Å²) in [5, 5.41) is 2.83. The van der Waals surface area contributed by atoms with Crippen LogP contribution in [0, 0.1) is 6.92 Å². The van der Waals surface area contributed by atoms with E-state index in [1.807, 2.05) is 38.1 Å². The number of rotatable bonds is 4. The van der Waals surface area contributed by atoms with Crippen LogP contribution in [0.25, 0.3) is 0 Å². The number of nitrogens with two attached hydrogens (primary N) is 1. The average Bonchev–Trinajstić information content (AvgIpc) is 2.21. The van der Waals surface area contributed by atoms with E-state index in [4.69, 9.17) is 5.73 Å². The number of amides is 1. The molecule has 96 valence electrons. The van der Waals surface area contributed by atoms with Crippen molar-refractivity contribution in [2.24, 2.45) is 5.73 Å². The van der Waals surface area contributed by atoms with Gasteiger partial charge in [0.1, 0.15) is 0 Å². The van der Waals surface area contributed by atoms with Crippen LogP contribution in [0.2, 0.25) is 0 Å². The van der Waals surface area contributed by atoms with Crippen LogP contribution in [0.15, 0.2) is 24.3 Å². The smallest absolute Gasteiger partial charge is 0.244 e. The molecule has 4 heteroatoms. The molecule has 0 heterocycles. The summed E-state index contributed by atoms with van der Waals surface area (Å²) in [6.45, 7) is 5.79. The summed E-state index contributed by atoms with van der Waals surface area (Å²) >= 11 is 0. The van der Waals surface area contributed by atoms with E-state index in [-0.39, 0.29) is 18.3 Å². The third-order valence-corrected chi connectivity index (χ3v) is 2.60. The molecular formula is C13H21ClN2O. The Bertz CT molecular complexity index is 360. The molecular weight excluding hydrogens is 236 g/mol. The van der Waals surface area contributed by atoms with Gasteiger partial charge in [0, 0.05) is 5.69 Å². The lowest BCUT2D eigenvalue weighted by molar-refractivity contribution is -0.120. The highest BCUT2D eigenvalue weighted by Gasteiger charge is 2.26. The van der Waals surface area contributed by atoms with Gasteiger partial charge in [-0.05, 0) is 32.4 Å². The quantitative estimate of drug-likeness (QED) is 0.870. The van der Waals surface area contributed by atoms with Crippen molar-refractivity contribution in [1.82, 2.24) is 0 Å². The van der Waals surface area contributed by atoms with E-state index in [0.717, 1.165) is 12.1 Å². The monoisotopic (exact) mass is 256 g/mol. The first-order valence-electron chi connectivity index (χ1n) is 5.62. The molecule has 1 amide bonds. The normalized spacial score (nSPS) is 13.4. The van der Waals surface area contributed by atoms with Crippen molar-refractivity contribution in [2.45, 2.75) is 39.2 Å². The summed E-state index contributed by atoms with van der Waals surface area (Å²) in [5.41, 5.74) is 7.11. The van der Waals surface area contributed by atoms with Crippen LogP contribution in [-0.2, 0) is 4.79 Å². The average molecular weight is 257 g/mol. The molecule has 0 saturated carbocycles. The van der Waals surface area contributed by atoms with Crippen LogP contribution in [0.4, 0.5) is 5.69 Å². The number of halogens is 1. The summed E-state index contributed by atoms with van der Waals surface area (Å²) < 4.78 is 0. The van der Waals surface area contributed by atoms with Crippen LogP contribution in [0.3, 0.4) is 0 Å². The van der Waals surface area contributed by atoms with Gasteiger partial charge in [0.15, 0.2) is 0 Å². The predicted octanol–water partition coefficient (Wildman–Crippen LogP) is 2.87. The molecule has 0 aromatic heterocycles. The Kier molecular flexibility index (Phi) is 6.21. The first-order valence-corrected chi connectivity index (χ1v) is 5.62. The first kappa shape index (κ1) is 15.9. The minimum Gasteiger partial charge on any atom is -0.325 e. The van der Waals surface area contributed by atoms with Crippen molar-refractivity contribution in [3.63, 3.8) is 0 Å². The molecule has 3 N–H and O–H groups in total. The van der Waals surface area contributed by atoms with E-state index < -0.39 is 5.54 Å². The number of carbonyl (C=O) groups excluding carboxylic acids is 1. The molecule has 1 atom stereocenters. The maximum Gasteiger partial charge on any atom is 0.244 e. The van der Waals surface area contributed by atoms with Crippen LogP contribution in [0.5, 0.6) is 0 Å². The SMILES string of the molecule is CCCC(C)(N)C(=O)Nc1ccc(C)cc1.Cl. The van der Waals surface area contributed by atoms with E-state index in [0.29, 0.717) is 6.42 Å². The Morgan fingerprint density at radius 2 is 1.88 bits per heavy atom. The zero-order valence-electron chi connectivity index (χ0n) is 10.6. The number of hydrogen-bond donors (Lipinski definition) is 2. The Morgan fingerprint density at radius 1 is 1.35 bits per heavy atom. The number of carbonyl (C=O) groups is 1. The first-order chi connectivity index (χ1) is 7.45. The van der Waals surface area contributed by atoms with Gasteiger partial charge in [-0.2, -0.15) is 0 Å². The number of benzene rings is 1. The van der Waals surface area contributed by atoms with Crippen molar-refractivity contribution >= 4 is 24.0 Å². The van der Waals surface area contributed by atoms with Crippen molar-refractivity contribution in [1.29, 1.82) is 0 Å². The van der Waals surface area contributed by atoms with Crippen LogP contribution in [-0.4, -0.2) is 11.4 Å². The molecule has 0 aliphatic carbocycles. The molecule has 0 aliphatic heterocycles. The van der Waals surface area contributed by atoms with Gasteiger partial charge in [0.25, 0.3) is 0 Å². The van der Waals surface area contributed by atoms with Crippen molar-refractivity contribution in [3.8, 4) is 0 Å². The summed E-state index contributed by atoms with van der Waals surface area (Å²) in [4.78, 5) is 11.9. The number of hydrogen-bond acceptors (Lipinski definition) is 2. The fourth-order valence-electron chi connectivity index (χ4n) is 1.54. The summed E-state index contributed by atoms with van der Waals surface area (Å²) in [6.07, 6.45) is 1.58. The van der Waals surface area contributed by atoms with Crippen LogP contribution >= 0.6 is 12.4 Å². The van der Waals surface area contributed by atoms with E-state index in [1.54, 1.807) is 6.92 Å². The topological polar surface area (TPSA) is 55.1 Å². The van der Waals surface area contributed by atoms with Gasteiger partial charge in [-0.15, -0.1) is 12.4 Å². The molecule has 0 fully saturated rings. The van der Waals surface area contributed by atoms with Gasteiger partial charge in [0.05, 0.1) is 5.54 Å². The van der Waals surface area contributed by atoms with Gasteiger partial charge in [-0.3, -0.25) is 4.79 Å². The Balaban J connectivity index is 0.00000256. The number of anilines is 1. The Labute approximate surface area is 109 Å². The fraction of sp³-hybridized carbons (Fsp3) is 0.462. The van der Waals surface area contributed by atoms with Gasteiger partial charge < -0.3 is 11.1 Å². The molecule has 1 rings (SSSR count). The lowest BCUT2D eigenvalue weighted by Crippen LogP contribution is -2.48. The van der Waals surface area contributed by atoms with Gasteiger partial charge in [-0.25, -0.2) is 0 Å². The molecule has 3 nitrogen and oxygen atoms in total. The zero-order chi connectivity index (χ0) is 12.2. The minimum atomic E-state index is -0.792. The molecule has 17 heavy (non-hydrogen) atoms. The van der Waals surface area contributed by atoms with E-state index >= 15 is 0 Å². The summed E-state index contributed by atoms with van der Waals surface area (Å²) in [5.74, 6) is -0.127. The second-order valence-electron chi connectivity index (χ2n) is 4.49. The fourth-order valence-corrected chi connectivity index (χ4v) is 1.54. The summed E-state index contributed by atoms with van der Waals surface area (Å²) in [6, 6.07) is 7.69. The maximum atomic E-state index is 11.9. The molecule has 1 unspecified atom stereocenters. The minimum absolute atomic E-state index is 0. The number of nitrogens with one attached hydrogen (secondary N) is 1. The summed E-state index contributed by atoms with van der Waals surface area (Å²) in [7, 11) is 0. The van der Waals surface area contributed by atoms with Crippen molar-refractivity contribution in [2.75, 3.05) is 5.32 Å². The highest BCUT2D eigenvalue weighted by Crippen LogP contribution is 2.14. The van der Waals surface area contributed by atoms with Crippen molar-refractivity contribution in [3.05, 3.63) is 29.8 Å². The van der Waals surface area contributed by atoms with Gasteiger partial charge in [-0.1, -0.05) is 31.0 Å². The van der Waals surface area contributed by atoms with Crippen LogP contribution < -0.4 is 11.1 Å². The highest BCUT2D eigenvalue weighted by atomic mass is 35.5. The molecule has 0 spiro atoms. The van der Waals surface area contributed by atoms with Crippen molar-refractivity contribution < 1.29 is 4.79 Å². The third kappa shape index (κ3) is 4.75. The molecule has 0 radical (unpaired) electrons. The number of aryl methyl sites for hydroxylation is 1. The molecule has 0 aliphatic rings. The molecule has 0 bridgehead atoms. The van der Waals surface area contributed by atoms with Gasteiger partial charge >= 0.3 is 0 Å². The Morgan fingerprint density at radius 3 is 2.35 bits per heavy atom. The lowest BCUT2D eigenvalue weighted by Gasteiger charge is -2.22. The van der Waals surface area contributed by atoms with E-state index in [1.165, 1.54) is 5.56 Å². The van der Waals surface area contributed by atoms with Crippen LogP contribution in [0.1, 0.15) is 32.3 Å². The molecule has 1 aromatic carbocycles. The third-order valence-electron chi connectivity index (χ3n) is 2.60. The second kappa shape index (κ2) is 6.62. The van der Waals surface area contributed by atoms with E-state index in [9.17, 15) is 4.79 Å². The predicted molar refractivity (Wildman–Crippen MR) is 74.6 cm³/mol. The van der Waals surface area contributed by atoms with Gasteiger partial charge in [0.2, 0.25) is 5.91 Å². The van der Waals surface area contributed by atoms with E-state index in [2.05, 4.69) is 5.32 Å².